The fourth-order valence-corrected chi connectivity index (χ4v) is 5.14. The van der Waals surface area contributed by atoms with Gasteiger partial charge in [-0.1, -0.05) is 29.8 Å². The largest absolute Gasteiger partial charge is 0.507 e. The number of methoxy groups -OCH3 is 2. The quantitative estimate of drug-likeness (QED) is 0.297. The maximum absolute atomic E-state index is 13.4. The summed E-state index contributed by atoms with van der Waals surface area (Å²) >= 11 is 6.24. The van der Waals surface area contributed by atoms with E-state index in [4.69, 9.17) is 25.8 Å². The number of likely N-dealkylation sites (tertiary alicyclic amines) is 1. The number of carbonyl (C=O) groups is 2. The molecular formula is C26H25ClN2O6. The summed E-state index contributed by atoms with van der Waals surface area (Å²) in [7, 11) is 2.88. The molecule has 0 saturated carbocycles. The van der Waals surface area contributed by atoms with Crippen LogP contribution >= 0.6 is 11.6 Å². The van der Waals surface area contributed by atoms with E-state index in [-0.39, 0.29) is 40.3 Å². The lowest BCUT2D eigenvalue weighted by atomic mass is 9.94. The van der Waals surface area contributed by atoms with Crippen molar-refractivity contribution >= 4 is 40.0 Å². The van der Waals surface area contributed by atoms with Gasteiger partial charge in [-0.05, 0) is 25.0 Å². The smallest absolute Gasteiger partial charge is 0.295 e. The number of H-pyrrole nitrogens is 1. The van der Waals surface area contributed by atoms with Gasteiger partial charge < -0.3 is 29.2 Å². The van der Waals surface area contributed by atoms with Crippen LogP contribution in [0, 0.1) is 0 Å². The number of hydrogen-bond acceptors (Lipinski definition) is 6. The first-order valence-electron chi connectivity index (χ1n) is 11.3. The number of ether oxygens (including phenoxy) is 3. The van der Waals surface area contributed by atoms with Gasteiger partial charge >= 0.3 is 0 Å². The number of aromatic amines is 1. The molecule has 3 heterocycles. The fraction of sp³-hybridized carbons (Fsp3) is 0.308. The van der Waals surface area contributed by atoms with E-state index in [1.807, 2.05) is 24.3 Å². The molecule has 1 amide bonds. The molecule has 2 aromatic carbocycles. The molecule has 9 heteroatoms. The van der Waals surface area contributed by atoms with Gasteiger partial charge in [0.1, 0.15) is 17.3 Å². The van der Waals surface area contributed by atoms with Gasteiger partial charge in [-0.2, -0.15) is 0 Å². The van der Waals surface area contributed by atoms with Crippen LogP contribution in [-0.4, -0.2) is 60.2 Å². The van der Waals surface area contributed by atoms with Gasteiger partial charge in [-0.15, -0.1) is 0 Å². The molecule has 182 valence electrons. The SMILES string of the molecule is COc1cc(/C(O)=C2\C(=O)C(=O)N(CC3CCCO3)C2c2c[nH]c3ccccc23)c(OC)cc1Cl. The lowest BCUT2D eigenvalue weighted by Crippen LogP contribution is -2.36. The van der Waals surface area contributed by atoms with E-state index in [0.717, 1.165) is 23.7 Å². The van der Waals surface area contributed by atoms with E-state index in [9.17, 15) is 14.7 Å². The van der Waals surface area contributed by atoms with E-state index in [0.29, 0.717) is 17.9 Å². The molecule has 2 fully saturated rings. The maximum atomic E-state index is 13.4. The third-order valence-corrected chi connectivity index (χ3v) is 6.90. The molecule has 0 spiro atoms. The molecule has 1 aromatic heterocycles. The summed E-state index contributed by atoms with van der Waals surface area (Å²) in [5.41, 5.74) is 1.74. The zero-order valence-electron chi connectivity index (χ0n) is 19.3. The number of aromatic nitrogens is 1. The minimum atomic E-state index is -0.818. The summed E-state index contributed by atoms with van der Waals surface area (Å²) in [6, 6.07) is 9.80. The Morgan fingerprint density at radius 1 is 1.20 bits per heavy atom. The van der Waals surface area contributed by atoms with Crippen molar-refractivity contribution in [1.82, 2.24) is 9.88 Å². The minimum absolute atomic E-state index is 0.0274. The molecule has 2 aliphatic heterocycles. The number of para-hydroxylation sites is 1. The summed E-state index contributed by atoms with van der Waals surface area (Å²) in [4.78, 5) is 31.4. The van der Waals surface area contributed by atoms with Gasteiger partial charge in [-0.25, -0.2) is 0 Å². The van der Waals surface area contributed by atoms with Crippen molar-refractivity contribution in [2.75, 3.05) is 27.4 Å². The monoisotopic (exact) mass is 496 g/mol. The van der Waals surface area contributed by atoms with Gasteiger partial charge in [0.25, 0.3) is 11.7 Å². The predicted molar refractivity (Wildman–Crippen MR) is 131 cm³/mol. The Hall–Kier alpha value is -3.49. The van der Waals surface area contributed by atoms with E-state index in [1.165, 1.54) is 31.3 Å². The number of aliphatic hydroxyl groups excluding tert-OH is 1. The summed E-state index contributed by atoms with van der Waals surface area (Å²) in [5, 5.41) is 12.6. The standard InChI is InChI=1S/C26H25ClN2O6/c1-33-20-11-18(27)21(34-2)10-16(20)24(30)22-23(17-12-28-19-8-4-3-7-15(17)19)29(26(32)25(22)31)13-14-6-5-9-35-14/h3-4,7-8,10-12,14,23,28,30H,5-6,9,13H2,1-2H3/b24-22+. The van der Waals surface area contributed by atoms with Crippen molar-refractivity contribution in [1.29, 1.82) is 0 Å². The Balaban J connectivity index is 1.72. The van der Waals surface area contributed by atoms with Crippen molar-refractivity contribution in [2.45, 2.75) is 25.0 Å². The number of aliphatic hydroxyl groups is 1. The van der Waals surface area contributed by atoms with Gasteiger partial charge in [0.2, 0.25) is 0 Å². The van der Waals surface area contributed by atoms with Crippen molar-refractivity contribution in [3.8, 4) is 11.5 Å². The normalized spacial score (nSPS) is 21.7. The molecule has 2 saturated heterocycles. The Morgan fingerprint density at radius 3 is 2.69 bits per heavy atom. The number of rotatable bonds is 6. The number of hydrogen-bond donors (Lipinski definition) is 2. The summed E-state index contributed by atoms with van der Waals surface area (Å²) in [6.07, 6.45) is 3.29. The zero-order chi connectivity index (χ0) is 24.7. The van der Waals surface area contributed by atoms with Crippen LogP contribution in [0.5, 0.6) is 11.5 Å². The number of fused-ring (bicyclic) bond motifs is 1. The van der Waals surface area contributed by atoms with Gasteiger partial charge in [0.05, 0.1) is 42.5 Å². The highest BCUT2D eigenvalue weighted by Gasteiger charge is 2.48. The zero-order valence-corrected chi connectivity index (χ0v) is 20.1. The second kappa shape index (κ2) is 9.28. The number of amides is 1. The topological polar surface area (TPSA) is 101 Å². The third kappa shape index (κ3) is 3.92. The summed E-state index contributed by atoms with van der Waals surface area (Å²) in [5.74, 6) is -1.27. The van der Waals surface area contributed by atoms with E-state index in [2.05, 4.69) is 4.98 Å². The molecular weight excluding hydrogens is 472 g/mol. The first-order valence-corrected chi connectivity index (χ1v) is 11.7. The number of nitrogens with zero attached hydrogens (tertiary/aromatic N) is 1. The Kier molecular flexibility index (Phi) is 6.17. The number of ketones is 1. The van der Waals surface area contributed by atoms with Crippen molar-refractivity contribution in [2.24, 2.45) is 0 Å². The third-order valence-electron chi connectivity index (χ3n) is 6.61. The van der Waals surface area contributed by atoms with E-state index in [1.54, 1.807) is 6.20 Å². The van der Waals surface area contributed by atoms with Crippen LogP contribution < -0.4 is 9.47 Å². The molecule has 35 heavy (non-hydrogen) atoms. The Morgan fingerprint density at radius 2 is 1.97 bits per heavy atom. The molecule has 0 bridgehead atoms. The highest BCUT2D eigenvalue weighted by molar-refractivity contribution is 6.46. The van der Waals surface area contributed by atoms with Crippen LogP contribution in [0.15, 0.2) is 48.2 Å². The first kappa shape index (κ1) is 23.3. The highest BCUT2D eigenvalue weighted by atomic mass is 35.5. The molecule has 2 aliphatic rings. The minimum Gasteiger partial charge on any atom is -0.507 e. The molecule has 0 aliphatic carbocycles. The summed E-state index contributed by atoms with van der Waals surface area (Å²) < 4.78 is 16.5. The van der Waals surface area contributed by atoms with Gasteiger partial charge in [0, 0.05) is 41.9 Å². The van der Waals surface area contributed by atoms with Crippen LogP contribution in [0.4, 0.5) is 0 Å². The van der Waals surface area contributed by atoms with E-state index >= 15 is 0 Å². The van der Waals surface area contributed by atoms with Gasteiger partial charge in [0.15, 0.2) is 0 Å². The lowest BCUT2D eigenvalue weighted by Gasteiger charge is -2.27. The number of nitrogens with one attached hydrogen (secondary N) is 1. The number of benzene rings is 2. The number of halogens is 1. The molecule has 8 nitrogen and oxygen atoms in total. The molecule has 2 atom stereocenters. The second-order valence-corrected chi connectivity index (χ2v) is 8.97. The second-order valence-electron chi connectivity index (χ2n) is 8.56. The van der Waals surface area contributed by atoms with E-state index < -0.39 is 17.7 Å². The summed E-state index contributed by atoms with van der Waals surface area (Å²) in [6.45, 7) is 0.862. The molecule has 0 radical (unpaired) electrons. The Labute approximate surface area is 207 Å². The molecule has 3 aromatic rings. The van der Waals surface area contributed by atoms with Crippen LogP contribution in [-0.2, 0) is 14.3 Å². The Bertz CT molecular complexity index is 1340. The van der Waals surface area contributed by atoms with Crippen LogP contribution in [0.2, 0.25) is 5.02 Å². The van der Waals surface area contributed by atoms with Crippen LogP contribution in [0.3, 0.4) is 0 Å². The average Bonchev–Trinajstić information content (AvgIpc) is 3.59. The first-order chi connectivity index (χ1) is 16.9. The van der Waals surface area contributed by atoms with Crippen LogP contribution in [0.25, 0.3) is 16.7 Å². The predicted octanol–water partition coefficient (Wildman–Crippen LogP) is 4.44. The molecule has 2 unspecified atom stereocenters. The fourth-order valence-electron chi connectivity index (χ4n) is 4.91. The molecule has 2 N–H and O–H groups in total. The van der Waals surface area contributed by atoms with Crippen LogP contribution in [0.1, 0.15) is 30.0 Å². The number of Topliss-reactive ketones (excluding diaryl/α,β-unsaturated/α-hetero) is 1. The van der Waals surface area contributed by atoms with Gasteiger partial charge in [-0.3, -0.25) is 9.59 Å². The maximum Gasteiger partial charge on any atom is 0.295 e. The number of carbonyl (C=O) groups excluding carboxylic acids is 2. The highest BCUT2D eigenvalue weighted by Crippen LogP contribution is 2.45. The van der Waals surface area contributed by atoms with Crippen molar-refractivity contribution < 1.29 is 28.9 Å². The van der Waals surface area contributed by atoms with Crippen molar-refractivity contribution in [3.05, 3.63) is 64.3 Å². The average molecular weight is 497 g/mol. The molecule has 5 rings (SSSR count). The van der Waals surface area contributed by atoms with Crippen molar-refractivity contribution in [3.63, 3.8) is 0 Å². The lowest BCUT2D eigenvalue weighted by molar-refractivity contribution is -0.140.